The first-order valence-electron chi connectivity index (χ1n) is 11.7. The van der Waals surface area contributed by atoms with Crippen molar-refractivity contribution in [2.75, 3.05) is 39.0 Å². The Morgan fingerprint density at radius 3 is 2.58 bits per heavy atom. The van der Waals surface area contributed by atoms with Gasteiger partial charge in [0.1, 0.15) is 5.75 Å². The zero-order valence-electron chi connectivity index (χ0n) is 20.2. The van der Waals surface area contributed by atoms with E-state index in [9.17, 15) is 9.59 Å². The Bertz CT molecular complexity index is 1430. The third-order valence-electron chi connectivity index (χ3n) is 6.13. The number of thioether (sulfide) groups is 1. The van der Waals surface area contributed by atoms with Crippen molar-refractivity contribution in [1.82, 2.24) is 24.4 Å². The van der Waals surface area contributed by atoms with Gasteiger partial charge in [0.05, 0.1) is 24.1 Å². The van der Waals surface area contributed by atoms with Crippen LogP contribution < -0.4 is 10.3 Å². The monoisotopic (exact) mass is 521 g/mol. The maximum atomic E-state index is 12.8. The highest BCUT2D eigenvalue weighted by atomic mass is 32.2. The lowest BCUT2D eigenvalue weighted by Crippen LogP contribution is -2.49. The Kier molecular flexibility index (Phi) is 7.35. The first-order chi connectivity index (χ1) is 17.5. The van der Waals surface area contributed by atoms with Gasteiger partial charge in [-0.15, -0.1) is 11.8 Å². The number of nitrogens with zero attached hydrogens (tertiary/aromatic N) is 5. The average molecular weight is 522 g/mol. The molecule has 0 radical (unpaired) electrons. The number of carbonyl (C=O) groups excluding carboxylic acids is 1. The summed E-state index contributed by atoms with van der Waals surface area (Å²) in [5.41, 5.74) is 2.56. The first-order valence-corrected chi connectivity index (χ1v) is 13.5. The Morgan fingerprint density at radius 2 is 1.83 bits per heavy atom. The third-order valence-corrected chi connectivity index (χ3v) is 8.07. The van der Waals surface area contributed by atoms with Gasteiger partial charge in [-0.25, -0.2) is 4.98 Å². The van der Waals surface area contributed by atoms with E-state index in [2.05, 4.69) is 41.2 Å². The summed E-state index contributed by atoms with van der Waals surface area (Å²) >= 11 is 2.94. The zero-order chi connectivity index (χ0) is 25.1. The van der Waals surface area contributed by atoms with Crippen LogP contribution in [0.1, 0.15) is 11.3 Å². The molecule has 0 unspecified atom stereocenters. The Hall–Kier alpha value is -3.21. The number of fused-ring (bicyclic) bond motifs is 1. The number of amides is 1. The molecule has 1 saturated heterocycles. The minimum atomic E-state index is -0.200. The highest BCUT2D eigenvalue weighted by Gasteiger charge is 2.22. The molecule has 4 aromatic rings. The summed E-state index contributed by atoms with van der Waals surface area (Å²) in [6, 6.07) is 17.4. The lowest BCUT2D eigenvalue weighted by atomic mass is 10.2. The summed E-state index contributed by atoms with van der Waals surface area (Å²) in [5, 5.41) is 5.16. The SMILES string of the molecule is COc1ccccc1-c1nn2c(=O)cc(CN3CCN(C(=O)CSc4ccc(C)cc4)CC3)nc2s1. The van der Waals surface area contributed by atoms with Gasteiger partial charge in [-0.2, -0.15) is 9.61 Å². The van der Waals surface area contributed by atoms with Crippen LogP contribution >= 0.6 is 23.1 Å². The van der Waals surface area contributed by atoms with E-state index < -0.39 is 0 Å². The molecule has 0 N–H and O–H groups in total. The van der Waals surface area contributed by atoms with Gasteiger partial charge in [-0.3, -0.25) is 14.5 Å². The molecule has 10 heteroatoms. The third kappa shape index (κ3) is 5.45. The summed E-state index contributed by atoms with van der Waals surface area (Å²) in [5.74, 6) is 1.30. The summed E-state index contributed by atoms with van der Waals surface area (Å²) in [4.78, 5) is 36.0. The molecular weight excluding hydrogens is 494 g/mol. The molecule has 186 valence electrons. The Labute approximate surface area is 217 Å². The van der Waals surface area contributed by atoms with Crippen LogP contribution in [0.15, 0.2) is 64.3 Å². The van der Waals surface area contributed by atoms with E-state index in [4.69, 9.17) is 9.72 Å². The topological polar surface area (TPSA) is 80.0 Å². The van der Waals surface area contributed by atoms with Crippen LogP contribution in [0.25, 0.3) is 15.5 Å². The minimum absolute atomic E-state index is 0.159. The summed E-state index contributed by atoms with van der Waals surface area (Å²) in [6.07, 6.45) is 0. The summed E-state index contributed by atoms with van der Waals surface area (Å²) < 4.78 is 6.79. The highest BCUT2D eigenvalue weighted by Crippen LogP contribution is 2.32. The minimum Gasteiger partial charge on any atom is -0.496 e. The van der Waals surface area contributed by atoms with Crippen molar-refractivity contribution in [3.05, 3.63) is 76.2 Å². The second kappa shape index (κ2) is 10.8. The van der Waals surface area contributed by atoms with Crippen LogP contribution in [0.3, 0.4) is 0 Å². The smallest absolute Gasteiger partial charge is 0.275 e. The van der Waals surface area contributed by atoms with Crippen molar-refractivity contribution in [3.63, 3.8) is 0 Å². The highest BCUT2D eigenvalue weighted by molar-refractivity contribution is 8.00. The molecule has 2 aromatic carbocycles. The first kappa shape index (κ1) is 24.5. The molecule has 0 spiro atoms. The molecule has 2 aromatic heterocycles. The maximum absolute atomic E-state index is 12.8. The van der Waals surface area contributed by atoms with E-state index in [1.165, 1.54) is 21.4 Å². The molecule has 36 heavy (non-hydrogen) atoms. The predicted molar refractivity (Wildman–Crippen MR) is 143 cm³/mol. The van der Waals surface area contributed by atoms with Crippen LogP contribution in [-0.2, 0) is 11.3 Å². The standard InChI is InChI=1S/C26H27N5O3S2/c1-18-7-9-20(10-8-18)35-17-24(33)30-13-11-29(12-14-30)16-19-15-23(32)31-26(27-19)36-25(28-31)21-5-3-4-6-22(21)34-2/h3-10,15H,11-14,16-17H2,1-2H3. The normalized spacial score (nSPS) is 14.3. The van der Waals surface area contributed by atoms with E-state index in [0.29, 0.717) is 46.8 Å². The zero-order valence-corrected chi connectivity index (χ0v) is 21.8. The van der Waals surface area contributed by atoms with E-state index in [1.54, 1.807) is 24.9 Å². The second-order valence-electron chi connectivity index (χ2n) is 8.65. The Balaban J connectivity index is 1.20. The largest absolute Gasteiger partial charge is 0.496 e. The molecule has 0 atom stereocenters. The van der Waals surface area contributed by atoms with E-state index in [-0.39, 0.29) is 11.5 Å². The molecule has 5 rings (SSSR count). The number of hydrogen-bond donors (Lipinski definition) is 0. The number of ether oxygens (including phenoxy) is 1. The van der Waals surface area contributed by atoms with Crippen molar-refractivity contribution < 1.29 is 9.53 Å². The van der Waals surface area contributed by atoms with Crippen molar-refractivity contribution >= 4 is 34.0 Å². The van der Waals surface area contributed by atoms with Crippen molar-refractivity contribution in [2.24, 2.45) is 0 Å². The van der Waals surface area contributed by atoms with Gasteiger partial charge < -0.3 is 9.64 Å². The number of carbonyl (C=O) groups is 1. The fourth-order valence-corrected chi connectivity index (χ4v) is 5.88. The van der Waals surface area contributed by atoms with Gasteiger partial charge in [0.25, 0.3) is 5.56 Å². The summed E-state index contributed by atoms with van der Waals surface area (Å²) in [7, 11) is 1.62. The number of methoxy groups -OCH3 is 1. The predicted octanol–water partition coefficient (Wildman–Crippen LogP) is 3.57. The molecule has 0 bridgehead atoms. The molecule has 1 amide bonds. The second-order valence-corrected chi connectivity index (χ2v) is 10.7. The van der Waals surface area contributed by atoms with Crippen molar-refractivity contribution in [2.45, 2.75) is 18.4 Å². The Morgan fingerprint density at radius 1 is 1.08 bits per heavy atom. The quantitative estimate of drug-likeness (QED) is 0.344. The number of rotatable bonds is 7. The molecule has 0 aliphatic carbocycles. The molecule has 1 aliphatic heterocycles. The lowest BCUT2D eigenvalue weighted by Gasteiger charge is -2.34. The van der Waals surface area contributed by atoms with Crippen LogP contribution in [-0.4, -0.2) is 69.3 Å². The molecule has 0 saturated carbocycles. The number of hydrogen-bond acceptors (Lipinski definition) is 8. The fraction of sp³-hybridized carbons (Fsp3) is 0.308. The number of benzene rings is 2. The van der Waals surface area contributed by atoms with Crippen LogP contribution in [0.5, 0.6) is 5.75 Å². The number of aromatic nitrogens is 3. The number of aryl methyl sites for hydroxylation is 1. The molecular formula is C26H27N5O3S2. The van der Waals surface area contributed by atoms with Gasteiger partial charge in [0.2, 0.25) is 10.9 Å². The molecule has 8 nitrogen and oxygen atoms in total. The number of para-hydroxylation sites is 1. The molecule has 1 fully saturated rings. The molecule has 1 aliphatic rings. The van der Waals surface area contributed by atoms with E-state index in [1.807, 2.05) is 29.2 Å². The molecule has 3 heterocycles. The van der Waals surface area contributed by atoms with Crippen LogP contribution in [0.4, 0.5) is 0 Å². The number of piperazine rings is 1. The summed E-state index contributed by atoms with van der Waals surface area (Å²) in [6.45, 7) is 5.46. The van der Waals surface area contributed by atoms with Crippen LogP contribution in [0, 0.1) is 6.92 Å². The average Bonchev–Trinajstić information content (AvgIpc) is 3.33. The van der Waals surface area contributed by atoms with Crippen molar-refractivity contribution in [1.29, 1.82) is 0 Å². The van der Waals surface area contributed by atoms with E-state index in [0.717, 1.165) is 23.5 Å². The van der Waals surface area contributed by atoms with Crippen molar-refractivity contribution in [3.8, 4) is 16.3 Å². The fourth-order valence-electron chi connectivity index (χ4n) is 4.12. The van der Waals surface area contributed by atoms with Gasteiger partial charge in [0.15, 0.2) is 5.01 Å². The lowest BCUT2D eigenvalue weighted by molar-refractivity contribution is -0.130. The van der Waals surface area contributed by atoms with E-state index >= 15 is 0 Å². The maximum Gasteiger partial charge on any atom is 0.275 e. The van der Waals surface area contributed by atoms with Crippen LogP contribution in [0.2, 0.25) is 0 Å². The van der Waals surface area contributed by atoms with Gasteiger partial charge in [-0.05, 0) is 31.2 Å². The van der Waals surface area contributed by atoms with Gasteiger partial charge in [-0.1, -0.05) is 41.2 Å². The van der Waals surface area contributed by atoms with Gasteiger partial charge >= 0.3 is 0 Å². The van der Waals surface area contributed by atoms with Gasteiger partial charge in [0, 0.05) is 43.7 Å².